The van der Waals surface area contributed by atoms with Crippen molar-refractivity contribution in [2.24, 2.45) is 0 Å². The van der Waals surface area contributed by atoms with E-state index in [0.29, 0.717) is 11.1 Å². The van der Waals surface area contributed by atoms with Gasteiger partial charge in [-0.3, -0.25) is 0 Å². The first kappa shape index (κ1) is 16.1. The van der Waals surface area contributed by atoms with E-state index in [4.69, 9.17) is 15.3 Å². The molecule has 0 aliphatic rings. The predicted molar refractivity (Wildman–Crippen MR) is 83.2 cm³/mol. The molecule has 4 nitrogen and oxygen atoms in total. The van der Waals surface area contributed by atoms with Crippen molar-refractivity contribution in [2.45, 2.75) is 0 Å². The molecule has 2 rings (SSSR count). The van der Waals surface area contributed by atoms with E-state index in [1.165, 1.54) is 5.69 Å². The number of hydrogen-bond acceptors (Lipinski definition) is 4. The Labute approximate surface area is 125 Å². The third-order valence-electron chi connectivity index (χ3n) is 2.76. The minimum Gasteiger partial charge on any atom is -0.497 e. The Morgan fingerprint density at radius 1 is 0.857 bits per heavy atom. The SMILES string of the molecule is COc1ccc(N(C)C)cc1.N#Cc1ccccc1C#N. The summed E-state index contributed by atoms with van der Waals surface area (Å²) in [5, 5.41) is 16.9. The minimum atomic E-state index is 0.435. The van der Waals surface area contributed by atoms with E-state index in [2.05, 4.69) is 4.90 Å². The second kappa shape index (κ2) is 8.24. The van der Waals surface area contributed by atoms with Crippen LogP contribution in [0.25, 0.3) is 0 Å². The molecule has 2 aromatic carbocycles. The van der Waals surface area contributed by atoms with Gasteiger partial charge in [-0.05, 0) is 36.4 Å². The van der Waals surface area contributed by atoms with Gasteiger partial charge in [0.05, 0.1) is 18.2 Å². The van der Waals surface area contributed by atoms with Crippen molar-refractivity contribution < 1.29 is 4.74 Å². The van der Waals surface area contributed by atoms with Crippen LogP contribution in [0.1, 0.15) is 11.1 Å². The van der Waals surface area contributed by atoms with Crippen molar-refractivity contribution in [3.05, 3.63) is 59.7 Å². The molecule has 0 spiro atoms. The maximum absolute atomic E-state index is 8.45. The summed E-state index contributed by atoms with van der Waals surface area (Å²) in [6.45, 7) is 0. The Bertz CT molecular complexity index is 616. The van der Waals surface area contributed by atoms with Gasteiger partial charge in [-0.15, -0.1) is 0 Å². The van der Waals surface area contributed by atoms with Gasteiger partial charge >= 0.3 is 0 Å². The van der Waals surface area contributed by atoms with Gasteiger partial charge in [0, 0.05) is 19.8 Å². The molecule has 0 aliphatic carbocycles. The van der Waals surface area contributed by atoms with Crippen molar-refractivity contribution >= 4 is 5.69 Å². The van der Waals surface area contributed by atoms with E-state index in [9.17, 15) is 0 Å². The number of hydrogen-bond donors (Lipinski definition) is 0. The van der Waals surface area contributed by atoms with Crippen LogP contribution in [0, 0.1) is 22.7 Å². The van der Waals surface area contributed by atoms with Gasteiger partial charge < -0.3 is 9.64 Å². The molecule has 2 aromatic rings. The summed E-state index contributed by atoms with van der Waals surface area (Å²) in [5.74, 6) is 0.899. The zero-order valence-corrected chi connectivity index (χ0v) is 12.4. The van der Waals surface area contributed by atoms with Crippen molar-refractivity contribution in [3.63, 3.8) is 0 Å². The van der Waals surface area contributed by atoms with E-state index < -0.39 is 0 Å². The molecule has 0 aromatic heterocycles. The second-order valence-corrected chi connectivity index (χ2v) is 4.36. The van der Waals surface area contributed by atoms with Crippen LogP contribution in [0.5, 0.6) is 5.75 Å². The predicted octanol–water partition coefficient (Wildman–Crippen LogP) is 3.19. The molecule has 0 aliphatic heterocycles. The van der Waals surface area contributed by atoms with Gasteiger partial charge in [-0.1, -0.05) is 12.1 Å². The van der Waals surface area contributed by atoms with Crippen LogP contribution in [0.2, 0.25) is 0 Å². The van der Waals surface area contributed by atoms with Crippen LogP contribution in [-0.2, 0) is 0 Å². The molecular formula is C17H17N3O. The van der Waals surface area contributed by atoms with Crippen LogP contribution in [0.4, 0.5) is 5.69 Å². The van der Waals surface area contributed by atoms with Crippen LogP contribution >= 0.6 is 0 Å². The maximum atomic E-state index is 8.45. The third kappa shape index (κ3) is 4.89. The van der Waals surface area contributed by atoms with E-state index in [0.717, 1.165) is 5.75 Å². The highest BCUT2D eigenvalue weighted by molar-refractivity contribution is 5.47. The van der Waals surface area contributed by atoms with E-state index >= 15 is 0 Å². The fraction of sp³-hybridized carbons (Fsp3) is 0.176. The van der Waals surface area contributed by atoms with E-state index in [1.807, 2.05) is 50.5 Å². The smallest absolute Gasteiger partial charge is 0.119 e. The molecule has 4 heteroatoms. The number of benzene rings is 2. The number of nitriles is 2. The molecule has 106 valence electrons. The lowest BCUT2D eigenvalue weighted by molar-refractivity contribution is 0.415. The molecule has 0 atom stereocenters. The molecule has 0 bridgehead atoms. The Kier molecular flexibility index (Phi) is 6.31. The zero-order chi connectivity index (χ0) is 15.7. The topological polar surface area (TPSA) is 60.0 Å². The Hall–Kier alpha value is -2.98. The second-order valence-electron chi connectivity index (χ2n) is 4.36. The van der Waals surface area contributed by atoms with Gasteiger partial charge in [-0.2, -0.15) is 10.5 Å². The van der Waals surface area contributed by atoms with Gasteiger partial charge in [0.1, 0.15) is 17.9 Å². The summed E-state index contributed by atoms with van der Waals surface area (Å²) in [4.78, 5) is 2.06. The molecule has 0 saturated heterocycles. The van der Waals surface area contributed by atoms with E-state index in [-0.39, 0.29) is 0 Å². The lowest BCUT2D eigenvalue weighted by Crippen LogP contribution is -2.07. The average Bonchev–Trinajstić information content (AvgIpc) is 2.55. The Morgan fingerprint density at radius 3 is 1.67 bits per heavy atom. The maximum Gasteiger partial charge on any atom is 0.119 e. The van der Waals surface area contributed by atoms with E-state index in [1.54, 1.807) is 31.4 Å². The molecule has 0 heterocycles. The molecule has 0 saturated carbocycles. The molecule has 0 radical (unpaired) electrons. The van der Waals surface area contributed by atoms with Crippen LogP contribution in [-0.4, -0.2) is 21.2 Å². The largest absolute Gasteiger partial charge is 0.497 e. The Morgan fingerprint density at radius 2 is 1.33 bits per heavy atom. The summed E-state index contributed by atoms with van der Waals surface area (Å²) < 4.78 is 5.03. The monoisotopic (exact) mass is 279 g/mol. The van der Waals surface area contributed by atoms with Crippen molar-refractivity contribution in [2.75, 3.05) is 26.1 Å². The van der Waals surface area contributed by atoms with Gasteiger partial charge in [0.25, 0.3) is 0 Å². The number of ether oxygens (including phenoxy) is 1. The Balaban J connectivity index is 0.000000211. The average molecular weight is 279 g/mol. The normalized spacial score (nSPS) is 8.62. The van der Waals surface area contributed by atoms with Gasteiger partial charge in [0.2, 0.25) is 0 Å². The van der Waals surface area contributed by atoms with Crippen molar-refractivity contribution in [1.82, 2.24) is 0 Å². The first-order valence-corrected chi connectivity index (χ1v) is 6.33. The summed E-state index contributed by atoms with van der Waals surface area (Å²) >= 11 is 0. The van der Waals surface area contributed by atoms with Crippen LogP contribution < -0.4 is 9.64 Å². The van der Waals surface area contributed by atoms with Gasteiger partial charge in [0.15, 0.2) is 0 Å². The number of nitrogens with zero attached hydrogens (tertiary/aromatic N) is 3. The minimum absolute atomic E-state index is 0.435. The van der Waals surface area contributed by atoms with Crippen LogP contribution in [0.3, 0.4) is 0 Å². The molecule has 0 N–H and O–H groups in total. The van der Waals surface area contributed by atoms with Crippen molar-refractivity contribution in [3.8, 4) is 17.9 Å². The first-order chi connectivity index (χ1) is 10.1. The molecule has 0 unspecified atom stereocenters. The molecular weight excluding hydrogens is 262 g/mol. The summed E-state index contributed by atoms with van der Waals surface area (Å²) in [6, 6.07) is 18.5. The standard InChI is InChI=1S/C9H13NO.C8H4N2/c1-10(2)8-4-6-9(11-3)7-5-8;9-5-7-3-1-2-4-8(7)6-10/h4-7H,1-3H3;1-4H. The fourth-order valence-electron chi connectivity index (χ4n) is 1.56. The lowest BCUT2D eigenvalue weighted by Gasteiger charge is -2.11. The van der Waals surface area contributed by atoms with Crippen LogP contribution in [0.15, 0.2) is 48.5 Å². The van der Waals surface area contributed by atoms with Gasteiger partial charge in [-0.25, -0.2) is 0 Å². The highest BCUT2D eigenvalue weighted by Gasteiger charge is 1.95. The number of anilines is 1. The number of rotatable bonds is 2. The first-order valence-electron chi connectivity index (χ1n) is 6.33. The lowest BCUT2D eigenvalue weighted by atomic mass is 10.1. The fourth-order valence-corrected chi connectivity index (χ4v) is 1.56. The highest BCUT2D eigenvalue weighted by Crippen LogP contribution is 2.16. The molecule has 21 heavy (non-hydrogen) atoms. The zero-order valence-electron chi connectivity index (χ0n) is 12.4. The molecule has 0 fully saturated rings. The van der Waals surface area contributed by atoms with Crippen molar-refractivity contribution in [1.29, 1.82) is 10.5 Å². The summed E-state index contributed by atoms with van der Waals surface area (Å²) in [5.41, 5.74) is 2.06. The highest BCUT2D eigenvalue weighted by atomic mass is 16.5. The molecule has 0 amide bonds. The number of methoxy groups -OCH3 is 1. The summed E-state index contributed by atoms with van der Waals surface area (Å²) in [7, 11) is 5.70. The quantitative estimate of drug-likeness (QED) is 0.847. The summed E-state index contributed by atoms with van der Waals surface area (Å²) in [6.07, 6.45) is 0. The third-order valence-corrected chi connectivity index (χ3v) is 2.76.